The number of rotatable bonds is 10. The van der Waals surface area contributed by atoms with E-state index in [0.29, 0.717) is 24.3 Å². The van der Waals surface area contributed by atoms with Gasteiger partial charge < -0.3 is 23.3 Å². The molecule has 0 amide bonds. The third-order valence-electron chi connectivity index (χ3n) is 25.8. The molecule has 6 nitrogen and oxygen atoms in total. The Bertz CT molecular complexity index is 7350. The minimum atomic E-state index is -4.30. The van der Waals surface area contributed by atoms with Crippen molar-refractivity contribution in [1.29, 1.82) is 0 Å². The van der Waals surface area contributed by atoms with Crippen LogP contribution in [-0.2, 0) is 38.8 Å². The molecule has 0 fully saturated rings. The van der Waals surface area contributed by atoms with Crippen LogP contribution >= 0.6 is 7.60 Å². The van der Waals surface area contributed by atoms with E-state index in [0.717, 1.165) is 0 Å². The van der Waals surface area contributed by atoms with Crippen LogP contribution < -0.4 is 0 Å². The molecule has 0 atom stereocenters. The number of hydrogen-bond donors (Lipinski definition) is 0. The summed E-state index contributed by atoms with van der Waals surface area (Å²) in [5.74, 6) is 0.499. The summed E-state index contributed by atoms with van der Waals surface area (Å²) in [6.07, 6.45) is -0.953. The van der Waals surface area contributed by atoms with E-state index in [1.807, 2.05) is 27.7 Å². The van der Waals surface area contributed by atoms with Crippen LogP contribution in [0.15, 0.2) is 11.1 Å². The van der Waals surface area contributed by atoms with Gasteiger partial charge >= 0.3 is 7.60 Å². The van der Waals surface area contributed by atoms with Crippen LogP contribution in [0.25, 0.3) is 291 Å². The minimum Gasteiger partial charge on any atom is -0.474 e. The zero-order valence-electron chi connectivity index (χ0n) is 41.3. The average molecular weight is 1000 g/mol. The maximum absolute atomic E-state index is 17.6. The van der Waals surface area contributed by atoms with Crippen molar-refractivity contribution in [3.05, 3.63) is 33.3 Å². The molecule has 1 aliphatic heterocycles. The smallest absolute Gasteiger partial charge is 0.362 e. The standard InChI is InChI=1S/C71H21O6P/c1-5-73-69(74-6-2)67-68(78(72,75-7-3)76-8-4)70-63-55-47-37-27-19-11-9-10-13-17-15(11)23-31-25(17)35-29-21(13)22-14(10)18-16-12(9)20(19)28-34-24(16)32-26(18)36-30(22)40-39(29)51-45(35)53-43(31)49(41(47)33(23)27)57(63)59(53)65-61(51)62-52(40)46(36)54-44(32)50-42(34)48(38(28)37)56(55)64(70)58(50)60(54)66(62)71(65,70)77-67/h69H,5-8H2,1-4H3. The number of ether oxygens (including phenoxy) is 3. The first kappa shape index (κ1) is 32.7. The highest BCUT2D eigenvalue weighted by atomic mass is 31.2. The molecule has 0 saturated carbocycles. The van der Waals surface area contributed by atoms with Gasteiger partial charge in [-0.25, -0.2) is 0 Å². The van der Waals surface area contributed by atoms with Crippen LogP contribution in [0.1, 0.15) is 49.9 Å². The second-order valence-electron chi connectivity index (χ2n) is 26.6. The largest absolute Gasteiger partial charge is 0.474 e. The summed E-state index contributed by atoms with van der Waals surface area (Å²) in [5, 5.41) is 81.6. The molecular formula is C71H21O6P. The molecule has 0 N–H and O–H groups in total. The summed E-state index contributed by atoms with van der Waals surface area (Å²) < 4.78 is 54.2. The normalized spacial score (nSPS) is 21.8. The van der Waals surface area contributed by atoms with Gasteiger partial charge in [-0.2, -0.15) is 0 Å². The summed E-state index contributed by atoms with van der Waals surface area (Å²) in [6, 6.07) is 0. The highest BCUT2D eigenvalue weighted by Gasteiger charge is 2.79. The van der Waals surface area contributed by atoms with Gasteiger partial charge in [0.05, 0.1) is 13.2 Å². The summed E-state index contributed by atoms with van der Waals surface area (Å²) in [6.45, 7) is 9.23. The molecule has 0 saturated heterocycles. The van der Waals surface area contributed by atoms with E-state index in [1.165, 1.54) is 216 Å². The minimum absolute atomic E-state index is 0.210. The Kier molecular flexibility index (Phi) is 3.29. The van der Waals surface area contributed by atoms with Gasteiger partial charge in [0.2, 0.25) is 6.29 Å². The van der Waals surface area contributed by atoms with Crippen LogP contribution in [0.5, 0.6) is 0 Å². The summed E-state index contributed by atoms with van der Waals surface area (Å²) in [4.78, 5) is 0. The Morgan fingerprint density at radius 1 is 0.295 bits per heavy atom. The summed E-state index contributed by atoms with van der Waals surface area (Å²) in [5.41, 5.74) is 2.84. The van der Waals surface area contributed by atoms with Crippen molar-refractivity contribution < 1.29 is 27.8 Å². The van der Waals surface area contributed by atoms with Crippen LogP contribution in [0.4, 0.5) is 0 Å². The molecule has 78 heavy (non-hydrogen) atoms. The Hall–Kier alpha value is -7.93. The molecule has 5 aliphatic rings. The molecule has 0 radical (unpaired) electrons. The third kappa shape index (κ3) is 1.88. The van der Waals surface area contributed by atoms with Gasteiger partial charge in [0.25, 0.3) is 0 Å². The van der Waals surface area contributed by atoms with Crippen LogP contribution in [0.3, 0.4) is 0 Å². The van der Waals surface area contributed by atoms with Crippen LogP contribution in [0, 0.1) is 0 Å². The molecule has 4 aliphatic carbocycles. The molecule has 0 bridgehead atoms. The van der Waals surface area contributed by atoms with Crippen molar-refractivity contribution in [2.24, 2.45) is 0 Å². The first-order valence-electron chi connectivity index (χ1n) is 28.9. The molecule has 28 aromatic carbocycles. The maximum Gasteiger partial charge on any atom is 0.362 e. The van der Waals surface area contributed by atoms with Crippen molar-refractivity contribution in [3.63, 3.8) is 0 Å². The second kappa shape index (κ2) is 7.84. The Labute approximate surface area is 428 Å². The van der Waals surface area contributed by atoms with Crippen molar-refractivity contribution in [2.75, 3.05) is 26.4 Å². The van der Waals surface area contributed by atoms with Gasteiger partial charge in [0, 0.05) is 24.3 Å². The predicted molar refractivity (Wildman–Crippen MR) is 320 cm³/mol. The van der Waals surface area contributed by atoms with Gasteiger partial charge in [0.1, 0.15) is 10.7 Å². The predicted octanol–water partition coefficient (Wildman–Crippen LogP) is 19.2. The van der Waals surface area contributed by atoms with Crippen LogP contribution in [0.2, 0.25) is 0 Å². The molecule has 1 heterocycles. The average Bonchev–Trinajstić information content (AvgIpc) is 1.45. The third-order valence-corrected chi connectivity index (χ3v) is 28.1. The number of benzene rings is 18. The number of hydrogen-bond acceptors (Lipinski definition) is 6. The molecule has 0 unspecified atom stereocenters. The quantitative estimate of drug-likeness (QED) is 0.0773. The highest BCUT2D eigenvalue weighted by Crippen LogP contribution is 2.89. The first-order chi connectivity index (χ1) is 38.6. The molecule has 0 aromatic heterocycles. The summed E-state index contributed by atoms with van der Waals surface area (Å²) in [7, 11) is -4.30. The van der Waals surface area contributed by atoms with Gasteiger partial charge in [0.15, 0.2) is 11.4 Å². The molecule has 33 rings (SSSR count). The zero-order valence-corrected chi connectivity index (χ0v) is 42.2. The van der Waals surface area contributed by atoms with E-state index in [4.69, 9.17) is 23.3 Å². The van der Waals surface area contributed by atoms with E-state index < -0.39 is 24.9 Å². The lowest BCUT2D eigenvalue weighted by Gasteiger charge is -2.50. The van der Waals surface area contributed by atoms with Crippen molar-refractivity contribution in [2.45, 2.75) is 45.0 Å². The van der Waals surface area contributed by atoms with Gasteiger partial charge in [-0.1, -0.05) is 0 Å². The van der Waals surface area contributed by atoms with Crippen molar-refractivity contribution in [1.82, 2.24) is 0 Å². The van der Waals surface area contributed by atoms with Gasteiger partial charge in [-0.05, 0) is 330 Å². The van der Waals surface area contributed by atoms with Gasteiger partial charge in [-0.15, -0.1) is 0 Å². The lowest BCUT2D eigenvalue weighted by Crippen LogP contribution is -2.51. The first-order valence-corrected chi connectivity index (χ1v) is 30.5. The topological polar surface area (TPSA) is 63.2 Å². The summed E-state index contributed by atoms with van der Waals surface area (Å²) >= 11 is 0. The lowest BCUT2D eigenvalue weighted by molar-refractivity contribution is -0.147. The molecular weight excluding hydrogens is 980 g/mol. The Morgan fingerprint density at radius 3 is 0.679 bits per heavy atom. The Morgan fingerprint density at radius 2 is 0.487 bits per heavy atom. The fourth-order valence-corrected chi connectivity index (χ4v) is 27.9. The second-order valence-corrected chi connectivity index (χ2v) is 28.5. The van der Waals surface area contributed by atoms with E-state index in [2.05, 4.69) is 0 Å². The fourth-order valence-electron chi connectivity index (χ4n) is 25.7. The fraction of sp³-hybridized carbons (Fsp3) is 0.155. The SMILES string of the molecule is CCOC(OCC)C1=C(P(=O)(OCC)OCC)C23c4c5c6c7c8c9c(c%10c%11c2c2c4c4c%12c5c5c6c6c8c8c%13c9c9c%10c%10c%11c%11c2c2c4c4c%12c%12c5c5c6c8c6c8c%13c9c9c%10c%10c%11c2c2c4c4c%12c5c6c5c8c9c%10c2c45)C73O1. The maximum atomic E-state index is 17.6. The van der Waals surface area contributed by atoms with Crippen molar-refractivity contribution >= 4 is 298 Å². The molecule has 2 spiro atoms. The van der Waals surface area contributed by atoms with Crippen molar-refractivity contribution in [3.8, 4) is 0 Å². The van der Waals surface area contributed by atoms with E-state index in [9.17, 15) is 0 Å². The zero-order chi connectivity index (χ0) is 48.1. The molecule has 7 heteroatoms. The molecule has 346 valence electrons. The van der Waals surface area contributed by atoms with E-state index >= 15 is 4.57 Å². The Balaban J connectivity index is 1.11. The highest BCUT2D eigenvalue weighted by molar-refractivity contribution is 7.58. The van der Waals surface area contributed by atoms with Gasteiger partial charge in [-0.3, -0.25) is 4.57 Å². The monoisotopic (exact) mass is 1000 g/mol. The van der Waals surface area contributed by atoms with Crippen LogP contribution in [-0.4, -0.2) is 32.7 Å². The lowest BCUT2D eigenvalue weighted by atomic mass is 9.55. The van der Waals surface area contributed by atoms with E-state index in [-0.39, 0.29) is 13.2 Å². The van der Waals surface area contributed by atoms with E-state index in [1.54, 1.807) is 97.0 Å². The molecule has 28 aromatic rings.